The smallest absolute Gasteiger partial charge is 0.124 e. The monoisotopic (exact) mass is 333 g/mol. The first kappa shape index (κ1) is 17.5. The van der Waals surface area contributed by atoms with Crippen molar-refractivity contribution in [3.05, 3.63) is 77.4 Å². The van der Waals surface area contributed by atoms with Crippen LogP contribution >= 0.6 is 0 Å². The molecule has 0 bridgehead atoms. The number of hydrogen-bond donors (Lipinski definition) is 1. The van der Waals surface area contributed by atoms with Crippen LogP contribution < -0.4 is 10.1 Å². The lowest BCUT2D eigenvalue weighted by Gasteiger charge is -2.17. The van der Waals surface area contributed by atoms with Crippen LogP contribution in [0.2, 0.25) is 0 Å². The second kappa shape index (κ2) is 8.17. The molecule has 3 rings (SSSR count). The molecule has 1 atom stereocenters. The van der Waals surface area contributed by atoms with Gasteiger partial charge in [-0.1, -0.05) is 67.1 Å². The molecule has 0 aliphatic rings. The van der Waals surface area contributed by atoms with Gasteiger partial charge in [0.05, 0.1) is 0 Å². The van der Waals surface area contributed by atoms with E-state index >= 15 is 0 Å². The average molecular weight is 333 g/mol. The van der Waals surface area contributed by atoms with Gasteiger partial charge in [-0.3, -0.25) is 0 Å². The summed E-state index contributed by atoms with van der Waals surface area (Å²) in [6.07, 6.45) is 1.12. The molecule has 0 radical (unpaired) electrons. The minimum absolute atomic E-state index is 0.490. The molecule has 3 aromatic carbocycles. The Morgan fingerprint density at radius 3 is 2.48 bits per heavy atom. The summed E-state index contributed by atoms with van der Waals surface area (Å²) in [5, 5.41) is 6.13. The number of fused-ring (bicyclic) bond motifs is 1. The van der Waals surface area contributed by atoms with E-state index in [4.69, 9.17) is 4.74 Å². The van der Waals surface area contributed by atoms with Crippen LogP contribution in [0.3, 0.4) is 0 Å². The van der Waals surface area contributed by atoms with Gasteiger partial charge in [0.2, 0.25) is 0 Å². The molecule has 0 spiro atoms. The lowest BCUT2D eigenvalue weighted by Crippen LogP contribution is -2.24. The van der Waals surface area contributed by atoms with Crippen LogP contribution in [-0.4, -0.2) is 6.04 Å². The number of nitrogens with one attached hydrogen (secondary N) is 1. The maximum atomic E-state index is 6.20. The van der Waals surface area contributed by atoms with Gasteiger partial charge in [0, 0.05) is 18.2 Å². The van der Waals surface area contributed by atoms with Gasteiger partial charge in [0.25, 0.3) is 0 Å². The van der Waals surface area contributed by atoms with E-state index in [0.29, 0.717) is 12.6 Å². The molecule has 130 valence electrons. The zero-order chi connectivity index (χ0) is 17.6. The van der Waals surface area contributed by atoms with Gasteiger partial charge in [0.1, 0.15) is 12.4 Å². The number of ether oxygens (including phenoxy) is 1. The Balaban J connectivity index is 1.86. The molecule has 0 aromatic heterocycles. The third kappa shape index (κ3) is 4.40. The fraction of sp³-hybridized carbons (Fsp3) is 0.304. The van der Waals surface area contributed by atoms with Crippen molar-refractivity contribution in [2.75, 3.05) is 0 Å². The van der Waals surface area contributed by atoms with Gasteiger partial charge in [-0.15, -0.1) is 0 Å². The van der Waals surface area contributed by atoms with Gasteiger partial charge in [-0.2, -0.15) is 0 Å². The van der Waals surface area contributed by atoms with Gasteiger partial charge >= 0.3 is 0 Å². The molecule has 2 heteroatoms. The van der Waals surface area contributed by atoms with Crippen molar-refractivity contribution < 1.29 is 4.74 Å². The first-order valence-electron chi connectivity index (χ1n) is 9.09. The van der Waals surface area contributed by atoms with E-state index in [1.54, 1.807) is 0 Å². The Kier molecular flexibility index (Phi) is 5.72. The third-order valence-corrected chi connectivity index (χ3v) is 4.75. The topological polar surface area (TPSA) is 21.3 Å². The SMILES string of the molecule is CC[C@H](C)NCc1c(OCc2ccc(C)cc2)ccc2ccccc12. The number of aryl methyl sites for hydroxylation is 1. The second-order valence-corrected chi connectivity index (χ2v) is 6.73. The van der Waals surface area contributed by atoms with Gasteiger partial charge < -0.3 is 10.1 Å². The Morgan fingerprint density at radius 1 is 0.960 bits per heavy atom. The van der Waals surface area contributed by atoms with Crippen LogP contribution in [0.4, 0.5) is 0 Å². The predicted octanol–water partition coefficient (Wildman–Crippen LogP) is 5.62. The first-order chi connectivity index (χ1) is 12.2. The summed E-state index contributed by atoms with van der Waals surface area (Å²) in [4.78, 5) is 0. The Morgan fingerprint density at radius 2 is 1.72 bits per heavy atom. The normalized spacial score (nSPS) is 12.3. The van der Waals surface area contributed by atoms with Crippen molar-refractivity contribution in [3.63, 3.8) is 0 Å². The van der Waals surface area contributed by atoms with E-state index in [2.05, 4.69) is 86.8 Å². The summed E-state index contributed by atoms with van der Waals surface area (Å²) < 4.78 is 6.20. The van der Waals surface area contributed by atoms with Crippen LogP contribution in [0.15, 0.2) is 60.7 Å². The summed E-state index contributed by atoms with van der Waals surface area (Å²) >= 11 is 0. The molecule has 25 heavy (non-hydrogen) atoms. The molecule has 0 saturated heterocycles. The van der Waals surface area contributed by atoms with Crippen molar-refractivity contribution >= 4 is 10.8 Å². The zero-order valence-electron chi connectivity index (χ0n) is 15.4. The first-order valence-corrected chi connectivity index (χ1v) is 9.09. The average Bonchev–Trinajstić information content (AvgIpc) is 2.65. The lowest BCUT2D eigenvalue weighted by atomic mass is 10.0. The number of rotatable bonds is 7. The van der Waals surface area contributed by atoms with Crippen molar-refractivity contribution in [1.29, 1.82) is 0 Å². The summed E-state index contributed by atoms with van der Waals surface area (Å²) in [5.74, 6) is 0.968. The van der Waals surface area contributed by atoms with Crippen LogP contribution in [0.1, 0.15) is 37.0 Å². The Labute approximate surface area is 150 Å². The summed E-state index contributed by atoms with van der Waals surface area (Å²) in [6.45, 7) is 7.94. The second-order valence-electron chi connectivity index (χ2n) is 6.73. The van der Waals surface area contributed by atoms with Crippen LogP contribution in [0.25, 0.3) is 10.8 Å². The fourth-order valence-corrected chi connectivity index (χ4v) is 2.90. The van der Waals surface area contributed by atoms with Crippen LogP contribution in [0, 0.1) is 6.92 Å². The van der Waals surface area contributed by atoms with E-state index in [-0.39, 0.29) is 0 Å². The highest BCUT2D eigenvalue weighted by molar-refractivity contribution is 5.87. The van der Waals surface area contributed by atoms with Crippen molar-refractivity contribution in [2.45, 2.75) is 46.4 Å². The van der Waals surface area contributed by atoms with Crippen molar-refractivity contribution in [1.82, 2.24) is 5.32 Å². The summed E-state index contributed by atoms with van der Waals surface area (Å²) in [7, 11) is 0. The fourth-order valence-electron chi connectivity index (χ4n) is 2.90. The highest BCUT2D eigenvalue weighted by Crippen LogP contribution is 2.29. The van der Waals surface area contributed by atoms with Gasteiger partial charge in [-0.25, -0.2) is 0 Å². The quantitative estimate of drug-likeness (QED) is 0.606. The third-order valence-electron chi connectivity index (χ3n) is 4.75. The van der Waals surface area contributed by atoms with E-state index in [9.17, 15) is 0 Å². The molecular weight excluding hydrogens is 306 g/mol. The largest absolute Gasteiger partial charge is 0.489 e. The van der Waals surface area contributed by atoms with Crippen LogP contribution in [-0.2, 0) is 13.2 Å². The molecule has 0 amide bonds. The molecule has 0 unspecified atom stereocenters. The minimum Gasteiger partial charge on any atom is -0.489 e. The van der Waals surface area contributed by atoms with Crippen LogP contribution in [0.5, 0.6) is 5.75 Å². The zero-order valence-corrected chi connectivity index (χ0v) is 15.4. The Hall–Kier alpha value is -2.32. The lowest BCUT2D eigenvalue weighted by molar-refractivity contribution is 0.302. The van der Waals surface area contributed by atoms with E-state index < -0.39 is 0 Å². The number of hydrogen-bond acceptors (Lipinski definition) is 2. The molecule has 0 fully saturated rings. The minimum atomic E-state index is 0.490. The van der Waals surface area contributed by atoms with E-state index in [0.717, 1.165) is 18.7 Å². The summed E-state index contributed by atoms with van der Waals surface area (Å²) in [5.41, 5.74) is 3.71. The molecule has 0 heterocycles. The maximum absolute atomic E-state index is 6.20. The highest BCUT2D eigenvalue weighted by Gasteiger charge is 2.10. The van der Waals surface area contributed by atoms with Crippen molar-refractivity contribution in [2.24, 2.45) is 0 Å². The number of benzene rings is 3. The molecule has 3 aromatic rings. The molecule has 1 N–H and O–H groups in total. The maximum Gasteiger partial charge on any atom is 0.124 e. The van der Waals surface area contributed by atoms with Gasteiger partial charge in [-0.05, 0) is 42.7 Å². The standard InChI is InChI=1S/C23H27NO/c1-4-18(3)24-15-22-21-8-6-5-7-20(21)13-14-23(22)25-16-19-11-9-17(2)10-12-19/h5-14,18,24H,4,15-16H2,1-3H3/t18-/m0/s1. The van der Waals surface area contributed by atoms with Crippen molar-refractivity contribution in [3.8, 4) is 5.75 Å². The molecule has 2 nitrogen and oxygen atoms in total. The molecular formula is C23H27NO. The predicted molar refractivity (Wildman–Crippen MR) is 106 cm³/mol. The van der Waals surface area contributed by atoms with E-state index in [1.165, 1.54) is 27.5 Å². The van der Waals surface area contributed by atoms with Gasteiger partial charge in [0.15, 0.2) is 0 Å². The Bertz CT molecular complexity index is 823. The van der Waals surface area contributed by atoms with E-state index in [1.807, 2.05) is 0 Å². The highest BCUT2D eigenvalue weighted by atomic mass is 16.5. The summed E-state index contributed by atoms with van der Waals surface area (Å²) in [6, 6.07) is 21.8. The molecule has 0 aliphatic carbocycles. The molecule has 0 aliphatic heterocycles. The molecule has 0 saturated carbocycles.